The van der Waals surface area contributed by atoms with Gasteiger partial charge in [0.2, 0.25) is 0 Å². The number of nitrogens with zero attached hydrogens (tertiary/aromatic N) is 1. The maximum absolute atomic E-state index is 5.85. The molecule has 1 aromatic carbocycles. The van der Waals surface area contributed by atoms with Crippen molar-refractivity contribution in [3.05, 3.63) is 40.3 Å². The maximum atomic E-state index is 5.85. The molecule has 1 aromatic heterocycles. The third-order valence-corrected chi connectivity index (χ3v) is 3.63. The van der Waals surface area contributed by atoms with E-state index in [2.05, 4.69) is 59.1 Å². The highest BCUT2D eigenvalue weighted by Gasteiger charge is 2.09. The summed E-state index contributed by atoms with van der Waals surface area (Å²) >= 11 is 3.49. The zero-order valence-corrected chi connectivity index (χ0v) is 13.8. The summed E-state index contributed by atoms with van der Waals surface area (Å²) in [6.45, 7) is 7.38. The molecule has 0 bridgehead atoms. The highest BCUT2D eigenvalue weighted by molar-refractivity contribution is 9.10. The van der Waals surface area contributed by atoms with Crippen molar-refractivity contribution in [1.29, 1.82) is 0 Å². The SMILES string of the molecule is Cc1ccc(Br)cc1-c1cnc(CCCNC(C)C)o1. The minimum Gasteiger partial charge on any atom is -0.441 e. The van der Waals surface area contributed by atoms with E-state index in [4.69, 9.17) is 4.42 Å². The second-order valence-corrected chi connectivity index (χ2v) is 6.21. The normalized spacial score (nSPS) is 11.2. The zero-order chi connectivity index (χ0) is 14.5. The summed E-state index contributed by atoms with van der Waals surface area (Å²) in [5, 5.41) is 3.40. The van der Waals surface area contributed by atoms with Crippen molar-refractivity contribution >= 4 is 15.9 Å². The number of aromatic nitrogens is 1. The monoisotopic (exact) mass is 336 g/mol. The number of hydrogen-bond acceptors (Lipinski definition) is 3. The van der Waals surface area contributed by atoms with E-state index < -0.39 is 0 Å². The minimum atomic E-state index is 0.527. The second kappa shape index (κ2) is 7.04. The molecule has 1 heterocycles. The molecule has 108 valence electrons. The molecule has 1 N–H and O–H groups in total. The standard InChI is InChI=1S/C16H21BrN2O/c1-11(2)18-8-4-5-16-19-10-15(20-16)14-9-13(17)7-6-12(14)3/h6-7,9-11,18H,4-5,8H2,1-3H3. The first-order valence-electron chi connectivity index (χ1n) is 7.01. The lowest BCUT2D eigenvalue weighted by molar-refractivity contribution is 0.484. The second-order valence-electron chi connectivity index (χ2n) is 5.29. The van der Waals surface area contributed by atoms with Crippen LogP contribution in [-0.4, -0.2) is 17.6 Å². The lowest BCUT2D eigenvalue weighted by Gasteiger charge is -2.06. The van der Waals surface area contributed by atoms with Crippen LogP contribution in [0.25, 0.3) is 11.3 Å². The van der Waals surface area contributed by atoms with Crippen LogP contribution in [0.4, 0.5) is 0 Å². The van der Waals surface area contributed by atoms with Crippen molar-refractivity contribution in [1.82, 2.24) is 10.3 Å². The molecular formula is C16H21BrN2O. The number of benzene rings is 1. The summed E-state index contributed by atoms with van der Waals surface area (Å²) in [4.78, 5) is 4.37. The molecule has 2 rings (SSSR count). The summed E-state index contributed by atoms with van der Waals surface area (Å²) in [5.41, 5.74) is 2.29. The van der Waals surface area contributed by atoms with E-state index in [1.807, 2.05) is 12.3 Å². The molecule has 0 saturated carbocycles. The third-order valence-electron chi connectivity index (χ3n) is 3.14. The van der Waals surface area contributed by atoms with Gasteiger partial charge in [0.15, 0.2) is 11.7 Å². The predicted molar refractivity (Wildman–Crippen MR) is 85.8 cm³/mol. The first-order valence-corrected chi connectivity index (χ1v) is 7.80. The van der Waals surface area contributed by atoms with Crippen molar-refractivity contribution in [3.8, 4) is 11.3 Å². The Morgan fingerprint density at radius 2 is 2.15 bits per heavy atom. The van der Waals surface area contributed by atoms with Crippen LogP contribution in [0.5, 0.6) is 0 Å². The van der Waals surface area contributed by atoms with Crippen LogP contribution in [0.15, 0.2) is 33.3 Å². The highest BCUT2D eigenvalue weighted by Crippen LogP contribution is 2.27. The Morgan fingerprint density at radius 1 is 1.35 bits per heavy atom. The molecule has 0 amide bonds. The Morgan fingerprint density at radius 3 is 2.90 bits per heavy atom. The maximum Gasteiger partial charge on any atom is 0.194 e. The first kappa shape index (κ1) is 15.3. The van der Waals surface area contributed by atoms with Crippen molar-refractivity contribution in [2.75, 3.05) is 6.54 Å². The van der Waals surface area contributed by atoms with Gasteiger partial charge < -0.3 is 9.73 Å². The molecule has 0 aliphatic heterocycles. The largest absolute Gasteiger partial charge is 0.441 e. The number of aryl methyl sites for hydroxylation is 2. The van der Waals surface area contributed by atoms with Crippen LogP contribution in [0.2, 0.25) is 0 Å². The molecule has 20 heavy (non-hydrogen) atoms. The fourth-order valence-electron chi connectivity index (χ4n) is 2.04. The topological polar surface area (TPSA) is 38.1 Å². The molecule has 0 aliphatic rings. The van der Waals surface area contributed by atoms with Gasteiger partial charge in [0.25, 0.3) is 0 Å². The van der Waals surface area contributed by atoms with E-state index in [0.717, 1.165) is 41.1 Å². The Balaban J connectivity index is 2.00. The van der Waals surface area contributed by atoms with Gasteiger partial charge in [-0.15, -0.1) is 0 Å². The Bertz CT molecular complexity index is 563. The molecule has 0 radical (unpaired) electrons. The van der Waals surface area contributed by atoms with Crippen LogP contribution in [-0.2, 0) is 6.42 Å². The van der Waals surface area contributed by atoms with Gasteiger partial charge in [-0.1, -0.05) is 35.8 Å². The van der Waals surface area contributed by atoms with Gasteiger partial charge in [-0.25, -0.2) is 4.98 Å². The molecule has 2 aromatic rings. The summed E-state index contributed by atoms with van der Waals surface area (Å²) in [6, 6.07) is 6.71. The number of hydrogen-bond donors (Lipinski definition) is 1. The fourth-order valence-corrected chi connectivity index (χ4v) is 2.40. The molecule has 0 fully saturated rings. The average Bonchev–Trinajstić information content (AvgIpc) is 2.86. The van der Waals surface area contributed by atoms with E-state index in [1.165, 1.54) is 5.56 Å². The van der Waals surface area contributed by atoms with Gasteiger partial charge >= 0.3 is 0 Å². The van der Waals surface area contributed by atoms with E-state index in [-0.39, 0.29) is 0 Å². The quantitative estimate of drug-likeness (QED) is 0.797. The smallest absolute Gasteiger partial charge is 0.194 e. The summed E-state index contributed by atoms with van der Waals surface area (Å²) in [6.07, 6.45) is 3.72. The number of rotatable bonds is 6. The van der Waals surface area contributed by atoms with Crippen LogP contribution < -0.4 is 5.32 Å². The summed E-state index contributed by atoms with van der Waals surface area (Å²) in [5.74, 6) is 1.65. The molecule has 0 atom stereocenters. The van der Waals surface area contributed by atoms with Crippen molar-refractivity contribution in [2.24, 2.45) is 0 Å². The summed E-state index contributed by atoms with van der Waals surface area (Å²) in [7, 11) is 0. The predicted octanol–water partition coefficient (Wildman–Crippen LogP) is 4.34. The van der Waals surface area contributed by atoms with Crippen molar-refractivity contribution < 1.29 is 4.42 Å². The Labute approximate surface area is 128 Å². The number of nitrogens with one attached hydrogen (secondary N) is 1. The van der Waals surface area contributed by atoms with E-state index >= 15 is 0 Å². The molecule has 4 heteroatoms. The number of oxazole rings is 1. The van der Waals surface area contributed by atoms with E-state index in [0.29, 0.717) is 6.04 Å². The van der Waals surface area contributed by atoms with E-state index in [9.17, 15) is 0 Å². The molecule has 3 nitrogen and oxygen atoms in total. The minimum absolute atomic E-state index is 0.527. The zero-order valence-electron chi connectivity index (χ0n) is 12.2. The van der Waals surface area contributed by atoms with Crippen LogP contribution in [0.1, 0.15) is 31.7 Å². The Kier molecular flexibility index (Phi) is 5.38. The molecule has 0 saturated heterocycles. The Hall–Kier alpha value is -1.13. The van der Waals surface area contributed by atoms with Gasteiger partial charge in [-0.2, -0.15) is 0 Å². The van der Waals surface area contributed by atoms with Gasteiger partial charge in [-0.05, 0) is 37.6 Å². The fraction of sp³-hybridized carbons (Fsp3) is 0.438. The van der Waals surface area contributed by atoms with Crippen molar-refractivity contribution in [3.63, 3.8) is 0 Å². The molecule has 0 aliphatic carbocycles. The third kappa shape index (κ3) is 4.18. The molecular weight excluding hydrogens is 316 g/mol. The lowest BCUT2D eigenvalue weighted by Crippen LogP contribution is -2.23. The van der Waals surface area contributed by atoms with Crippen LogP contribution in [0, 0.1) is 6.92 Å². The van der Waals surface area contributed by atoms with Crippen LogP contribution >= 0.6 is 15.9 Å². The van der Waals surface area contributed by atoms with Crippen molar-refractivity contribution in [2.45, 2.75) is 39.7 Å². The first-order chi connectivity index (χ1) is 9.56. The van der Waals surface area contributed by atoms with Crippen LogP contribution in [0.3, 0.4) is 0 Å². The van der Waals surface area contributed by atoms with E-state index in [1.54, 1.807) is 0 Å². The highest BCUT2D eigenvalue weighted by atomic mass is 79.9. The van der Waals surface area contributed by atoms with Gasteiger partial charge in [0.05, 0.1) is 6.20 Å². The average molecular weight is 337 g/mol. The molecule has 0 unspecified atom stereocenters. The summed E-state index contributed by atoms with van der Waals surface area (Å²) < 4.78 is 6.91. The lowest BCUT2D eigenvalue weighted by atomic mass is 10.1. The van der Waals surface area contributed by atoms with Gasteiger partial charge in [0, 0.05) is 22.5 Å². The van der Waals surface area contributed by atoms with Gasteiger partial charge in [-0.3, -0.25) is 0 Å². The molecule has 0 spiro atoms. The van der Waals surface area contributed by atoms with Gasteiger partial charge in [0.1, 0.15) is 0 Å². The number of halogens is 1.